The van der Waals surface area contributed by atoms with Gasteiger partial charge in [0.05, 0.1) is 0 Å². The van der Waals surface area contributed by atoms with Crippen molar-refractivity contribution in [1.82, 2.24) is 10.6 Å². The molecule has 8 heteroatoms. The van der Waals surface area contributed by atoms with Crippen molar-refractivity contribution in [3.63, 3.8) is 0 Å². The number of esters is 1. The van der Waals surface area contributed by atoms with Gasteiger partial charge in [0.15, 0.2) is 0 Å². The maximum absolute atomic E-state index is 12.6. The molecule has 2 amide bonds. The SMILES string of the molecule is CC(C)C(=O)CCCC(=O)N[C@@H](CCCCNC(=O)CCCc1ccc(I)cc1)C(=O)OC(C)(C)C. The van der Waals surface area contributed by atoms with Gasteiger partial charge in [-0.2, -0.15) is 0 Å². The predicted molar refractivity (Wildman–Crippen MR) is 150 cm³/mol. The summed E-state index contributed by atoms with van der Waals surface area (Å²) in [6, 6.07) is 7.56. The molecule has 36 heavy (non-hydrogen) atoms. The van der Waals surface area contributed by atoms with Crippen molar-refractivity contribution in [3.05, 3.63) is 33.4 Å². The summed E-state index contributed by atoms with van der Waals surface area (Å²) < 4.78 is 6.67. The second kappa shape index (κ2) is 16.7. The molecule has 1 aromatic carbocycles. The van der Waals surface area contributed by atoms with E-state index in [4.69, 9.17) is 4.74 Å². The van der Waals surface area contributed by atoms with E-state index in [9.17, 15) is 19.2 Å². The normalized spacial score (nSPS) is 12.2. The number of unbranched alkanes of at least 4 members (excludes halogenated alkanes) is 1. The van der Waals surface area contributed by atoms with Crippen molar-refractivity contribution >= 4 is 46.2 Å². The van der Waals surface area contributed by atoms with Gasteiger partial charge in [-0.25, -0.2) is 4.79 Å². The van der Waals surface area contributed by atoms with Gasteiger partial charge in [-0.05, 0) is 99.6 Å². The second-order valence-electron chi connectivity index (χ2n) is 10.5. The molecule has 0 aliphatic rings. The summed E-state index contributed by atoms with van der Waals surface area (Å²) in [6.45, 7) is 9.57. The minimum absolute atomic E-state index is 0.0217. The number of benzene rings is 1. The summed E-state index contributed by atoms with van der Waals surface area (Å²) in [5.41, 5.74) is 0.570. The van der Waals surface area contributed by atoms with E-state index in [0.29, 0.717) is 45.1 Å². The number of hydrogen-bond acceptors (Lipinski definition) is 5. The number of aryl methyl sites for hydroxylation is 1. The number of rotatable bonds is 16. The summed E-state index contributed by atoms with van der Waals surface area (Å²) >= 11 is 2.27. The van der Waals surface area contributed by atoms with E-state index in [1.807, 2.05) is 13.8 Å². The van der Waals surface area contributed by atoms with Crippen molar-refractivity contribution in [2.45, 2.75) is 104 Å². The molecule has 0 aliphatic heterocycles. The van der Waals surface area contributed by atoms with Crippen LogP contribution in [0.4, 0.5) is 0 Å². The number of amides is 2. The van der Waals surface area contributed by atoms with E-state index < -0.39 is 17.6 Å². The lowest BCUT2D eigenvalue weighted by atomic mass is 10.0. The van der Waals surface area contributed by atoms with Crippen LogP contribution in [-0.2, 0) is 30.3 Å². The van der Waals surface area contributed by atoms with Crippen LogP contribution in [0.2, 0.25) is 0 Å². The quantitative estimate of drug-likeness (QED) is 0.153. The highest BCUT2D eigenvalue weighted by molar-refractivity contribution is 14.1. The molecule has 0 unspecified atom stereocenters. The Morgan fingerprint density at radius 3 is 2.14 bits per heavy atom. The number of halogens is 1. The molecule has 0 saturated heterocycles. The molecule has 2 N–H and O–H groups in total. The first-order valence-corrected chi connectivity index (χ1v) is 14.0. The van der Waals surface area contributed by atoms with Crippen LogP contribution in [0, 0.1) is 9.49 Å². The Bertz CT molecular complexity index is 846. The van der Waals surface area contributed by atoms with Gasteiger partial charge in [-0.15, -0.1) is 0 Å². The van der Waals surface area contributed by atoms with Crippen LogP contribution in [0.1, 0.15) is 91.5 Å². The van der Waals surface area contributed by atoms with E-state index in [1.165, 1.54) is 9.13 Å². The first-order valence-electron chi connectivity index (χ1n) is 12.9. The van der Waals surface area contributed by atoms with Crippen molar-refractivity contribution in [1.29, 1.82) is 0 Å². The number of nitrogens with one attached hydrogen (secondary N) is 2. The zero-order valence-corrected chi connectivity index (χ0v) is 24.6. The molecule has 0 aliphatic carbocycles. The highest BCUT2D eigenvalue weighted by atomic mass is 127. The van der Waals surface area contributed by atoms with Crippen LogP contribution >= 0.6 is 22.6 Å². The summed E-state index contributed by atoms with van der Waals surface area (Å²) in [6.07, 6.45) is 4.91. The predicted octanol–water partition coefficient (Wildman–Crippen LogP) is 5.12. The number of carbonyl (C=O) groups is 4. The molecule has 0 bridgehead atoms. The molecule has 0 fully saturated rings. The Labute approximate surface area is 230 Å². The lowest BCUT2D eigenvalue weighted by Gasteiger charge is -2.24. The topological polar surface area (TPSA) is 102 Å². The maximum Gasteiger partial charge on any atom is 0.329 e. The van der Waals surface area contributed by atoms with Crippen LogP contribution in [0.15, 0.2) is 24.3 Å². The van der Waals surface area contributed by atoms with E-state index >= 15 is 0 Å². The van der Waals surface area contributed by atoms with Crippen molar-refractivity contribution in [2.75, 3.05) is 6.54 Å². The molecular formula is C28H43IN2O5. The number of ketones is 1. The van der Waals surface area contributed by atoms with Gasteiger partial charge in [0.25, 0.3) is 0 Å². The standard InChI is InChI=1S/C28H43IN2O5/c1-20(2)24(32)12-9-14-26(34)31-23(27(35)36-28(3,4)5)11-6-7-19-30-25(33)13-8-10-21-15-17-22(29)18-16-21/h15-18,20,23H,6-14,19H2,1-5H3,(H,30,33)(H,31,34)/t23-/m0/s1. The highest BCUT2D eigenvalue weighted by Crippen LogP contribution is 2.13. The molecule has 0 saturated carbocycles. The van der Waals surface area contributed by atoms with Crippen LogP contribution in [0.25, 0.3) is 0 Å². The van der Waals surface area contributed by atoms with Crippen LogP contribution in [0.5, 0.6) is 0 Å². The van der Waals surface area contributed by atoms with Crippen LogP contribution < -0.4 is 10.6 Å². The summed E-state index contributed by atoms with van der Waals surface area (Å²) in [5, 5.41) is 5.71. The van der Waals surface area contributed by atoms with Crippen molar-refractivity contribution < 1.29 is 23.9 Å². The fraction of sp³-hybridized carbons (Fsp3) is 0.643. The van der Waals surface area contributed by atoms with Gasteiger partial charge >= 0.3 is 5.97 Å². The smallest absolute Gasteiger partial charge is 0.329 e. The molecular weight excluding hydrogens is 571 g/mol. The molecule has 0 heterocycles. The average molecular weight is 615 g/mol. The van der Waals surface area contributed by atoms with Gasteiger partial charge in [-0.3, -0.25) is 14.4 Å². The van der Waals surface area contributed by atoms with Gasteiger partial charge < -0.3 is 15.4 Å². The number of ether oxygens (including phenoxy) is 1. The third-order valence-corrected chi connectivity index (χ3v) is 6.24. The molecule has 7 nitrogen and oxygen atoms in total. The van der Waals surface area contributed by atoms with Crippen LogP contribution in [-0.4, -0.2) is 41.8 Å². The van der Waals surface area contributed by atoms with Gasteiger partial charge in [-0.1, -0.05) is 26.0 Å². The summed E-state index contributed by atoms with van der Waals surface area (Å²) in [7, 11) is 0. The molecule has 0 aromatic heterocycles. The van der Waals surface area contributed by atoms with Crippen molar-refractivity contribution in [2.24, 2.45) is 5.92 Å². The first-order chi connectivity index (χ1) is 16.9. The minimum atomic E-state index is -0.748. The third-order valence-electron chi connectivity index (χ3n) is 5.52. The number of carbonyl (C=O) groups excluding carboxylic acids is 4. The maximum atomic E-state index is 12.6. The van der Waals surface area contributed by atoms with E-state index in [-0.39, 0.29) is 29.9 Å². The average Bonchev–Trinajstić information content (AvgIpc) is 2.78. The fourth-order valence-electron chi connectivity index (χ4n) is 3.49. The summed E-state index contributed by atoms with van der Waals surface area (Å²) in [4.78, 5) is 48.9. The summed E-state index contributed by atoms with van der Waals surface area (Å²) in [5.74, 6) is -0.620. The first kappa shape index (κ1) is 32.1. The van der Waals surface area contributed by atoms with Crippen molar-refractivity contribution in [3.8, 4) is 0 Å². The van der Waals surface area contributed by atoms with E-state index in [0.717, 1.165) is 12.8 Å². The van der Waals surface area contributed by atoms with Gasteiger partial charge in [0.2, 0.25) is 11.8 Å². The molecule has 0 radical (unpaired) electrons. The van der Waals surface area contributed by atoms with Gasteiger partial charge in [0.1, 0.15) is 17.4 Å². The van der Waals surface area contributed by atoms with Crippen LogP contribution in [0.3, 0.4) is 0 Å². The molecule has 1 atom stereocenters. The second-order valence-corrected chi connectivity index (χ2v) is 11.7. The fourth-order valence-corrected chi connectivity index (χ4v) is 3.85. The molecule has 1 aromatic rings. The molecule has 202 valence electrons. The Morgan fingerprint density at radius 2 is 1.53 bits per heavy atom. The molecule has 1 rings (SSSR count). The Kier molecular flexibility index (Phi) is 14.9. The Hall–Kier alpha value is -1.97. The third kappa shape index (κ3) is 15.2. The largest absolute Gasteiger partial charge is 0.458 e. The monoisotopic (exact) mass is 614 g/mol. The Morgan fingerprint density at radius 1 is 0.889 bits per heavy atom. The van der Waals surface area contributed by atoms with E-state index in [1.54, 1.807) is 20.8 Å². The Balaban J connectivity index is 2.38. The lowest BCUT2D eigenvalue weighted by molar-refractivity contribution is -0.159. The number of Topliss-reactive ketones (excluding diaryl/α,β-unsaturated/α-hetero) is 1. The van der Waals surface area contributed by atoms with E-state index in [2.05, 4.69) is 57.5 Å². The molecule has 0 spiro atoms. The van der Waals surface area contributed by atoms with Gasteiger partial charge in [0, 0.05) is 35.3 Å². The highest BCUT2D eigenvalue weighted by Gasteiger charge is 2.26. The zero-order valence-electron chi connectivity index (χ0n) is 22.5. The minimum Gasteiger partial charge on any atom is -0.458 e. The lowest BCUT2D eigenvalue weighted by Crippen LogP contribution is -2.44. The zero-order chi connectivity index (χ0) is 27.1. The number of hydrogen-bond donors (Lipinski definition) is 2.